The first-order chi connectivity index (χ1) is 37.0. The zero-order chi connectivity index (χ0) is 54.3. The predicted octanol–water partition coefficient (Wildman–Crippen LogP) is 23.2. The lowest BCUT2D eigenvalue weighted by Gasteiger charge is -2.18. The summed E-state index contributed by atoms with van der Waals surface area (Å²) in [6, 6.07) is 0. The first kappa shape index (κ1) is 73.2. The van der Waals surface area contributed by atoms with Gasteiger partial charge in [-0.15, -0.1) is 0 Å². The first-order valence-electron chi connectivity index (χ1n) is 34.2. The molecule has 1 atom stereocenters. The molecule has 0 saturated carbocycles. The Morgan fingerprint density at radius 1 is 0.253 bits per heavy atom. The summed E-state index contributed by atoms with van der Waals surface area (Å²) in [4.78, 5) is 38.3. The van der Waals surface area contributed by atoms with Gasteiger partial charge in [-0.3, -0.25) is 14.4 Å². The van der Waals surface area contributed by atoms with E-state index in [1.807, 2.05) is 0 Å². The number of carbonyl (C=O) groups is 3. The molecule has 0 heterocycles. The third kappa shape index (κ3) is 62.9. The Labute approximate surface area is 469 Å². The molecule has 0 fully saturated rings. The molecule has 0 aromatic carbocycles. The lowest BCUT2D eigenvalue weighted by atomic mass is 10.0. The standard InChI is InChI=1S/C69H132O6/c1-4-7-10-13-16-19-22-24-26-28-29-30-31-32-33-34-35-36-37-38-39-41-42-44-47-50-53-56-59-62-68(71)74-65-66(64-73-67(70)61-58-55-52-49-46-21-18-15-12-9-6-3)75-69(72)63-60-57-54-51-48-45-43-40-27-25-23-20-17-14-11-8-5-2/h25,27,66H,4-24,26,28-65H2,1-3H3/b27-25-. The van der Waals surface area contributed by atoms with Crippen LogP contribution < -0.4 is 0 Å². The van der Waals surface area contributed by atoms with Crippen LogP contribution in [0.2, 0.25) is 0 Å². The monoisotopic (exact) mass is 1060 g/mol. The van der Waals surface area contributed by atoms with Crippen LogP contribution in [0.1, 0.15) is 393 Å². The highest BCUT2D eigenvalue weighted by Gasteiger charge is 2.19. The highest BCUT2D eigenvalue weighted by atomic mass is 16.6. The van der Waals surface area contributed by atoms with Gasteiger partial charge < -0.3 is 14.2 Å². The maximum Gasteiger partial charge on any atom is 0.306 e. The van der Waals surface area contributed by atoms with Gasteiger partial charge in [0.25, 0.3) is 0 Å². The SMILES string of the molecule is CCCCCCCC/C=C\CCCCCCCCCC(=O)OC(COC(=O)CCCCCCCCCCCCC)COC(=O)CCCCCCCCCCCCCCCCCCCCCCCCCCCCCCC. The number of ether oxygens (including phenoxy) is 3. The zero-order valence-electron chi connectivity index (χ0n) is 51.1. The van der Waals surface area contributed by atoms with Crippen LogP contribution in [0, 0.1) is 0 Å². The van der Waals surface area contributed by atoms with E-state index >= 15 is 0 Å². The molecule has 0 radical (unpaired) electrons. The van der Waals surface area contributed by atoms with E-state index in [4.69, 9.17) is 14.2 Å². The van der Waals surface area contributed by atoms with Crippen LogP contribution in [0.4, 0.5) is 0 Å². The predicted molar refractivity (Wildman–Crippen MR) is 326 cm³/mol. The molecule has 0 saturated heterocycles. The number of esters is 3. The summed E-state index contributed by atoms with van der Waals surface area (Å²) in [5, 5.41) is 0. The molecule has 6 heteroatoms. The second-order valence-corrected chi connectivity index (χ2v) is 23.5. The van der Waals surface area contributed by atoms with Crippen LogP contribution in [0.25, 0.3) is 0 Å². The number of hydrogen-bond acceptors (Lipinski definition) is 6. The molecule has 444 valence electrons. The molecule has 1 unspecified atom stereocenters. The number of hydrogen-bond donors (Lipinski definition) is 0. The molecule has 0 aliphatic carbocycles. The minimum Gasteiger partial charge on any atom is -0.462 e. The number of unbranched alkanes of at least 4 members (excludes halogenated alkanes) is 51. The number of allylic oxidation sites excluding steroid dienone is 2. The molecule has 0 amide bonds. The Morgan fingerprint density at radius 3 is 0.667 bits per heavy atom. The molecular weight excluding hydrogens is 925 g/mol. The van der Waals surface area contributed by atoms with Gasteiger partial charge in [-0.1, -0.05) is 341 Å². The molecule has 0 aliphatic heterocycles. The van der Waals surface area contributed by atoms with Crippen molar-refractivity contribution in [3.05, 3.63) is 12.2 Å². The van der Waals surface area contributed by atoms with E-state index in [1.165, 1.54) is 295 Å². The normalized spacial score (nSPS) is 12.0. The van der Waals surface area contributed by atoms with E-state index in [0.29, 0.717) is 19.3 Å². The average molecular weight is 1060 g/mol. The largest absolute Gasteiger partial charge is 0.462 e. The van der Waals surface area contributed by atoms with E-state index in [-0.39, 0.29) is 31.1 Å². The van der Waals surface area contributed by atoms with E-state index in [9.17, 15) is 14.4 Å². The fourth-order valence-corrected chi connectivity index (χ4v) is 10.6. The molecule has 0 aliphatic rings. The first-order valence-corrected chi connectivity index (χ1v) is 34.2. The van der Waals surface area contributed by atoms with Gasteiger partial charge in [-0.25, -0.2) is 0 Å². The van der Waals surface area contributed by atoms with Crippen molar-refractivity contribution < 1.29 is 28.6 Å². The van der Waals surface area contributed by atoms with E-state index in [0.717, 1.165) is 57.8 Å². The van der Waals surface area contributed by atoms with Gasteiger partial charge in [0.2, 0.25) is 0 Å². The molecule has 0 bridgehead atoms. The van der Waals surface area contributed by atoms with Gasteiger partial charge in [0.1, 0.15) is 13.2 Å². The minimum atomic E-state index is -0.767. The topological polar surface area (TPSA) is 78.9 Å². The van der Waals surface area contributed by atoms with Gasteiger partial charge in [-0.2, -0.15) is 0 Å². The Kier molecular flexibility index (Phi) is 63.1. The summed E-state index contributed by atoms with van der Waals surface area (Å²) in [5.41, 5.74) is 0. The molecule has 0 aromatic rings. The van der Waals surface area contributed by atoms with Crippen LogP contribution in [0.5, 0.6) is 0 Å². The van der Waals surface area contributed by atoms with Crippen molar-refractivity contribution in [3.63, 3.8) is 0 Å². The number of rotatable bonds is 64. The van der Waals surface area contributed by atoms with Gasteiger partial charge in [0.05, 0.1) is 0 Å². The molecule has 0 N–H and O–H groups in total. The molecule has 0 spiro atoms. The van der Waals surface area contributed by atoms with Gasteiger partial charge in [0, 0.05) is 19.3 Å². The van der Waals surface area contributed by atoms with Gasteiger partial charge in [-0.05, 0) is 44.9 Å². The fourth-order valence-electron chi connectivity index (χ4n) is 10.6. The van der Waals surface area contributed by atoms with Crippen LogP contribution in [0.3, 0.4) is 0 Å². The quantitative estimate of drug-likeness (QED) is 0.0261. The van der Waals surface area contributed by atoms with Crippen molar-refractivity contribution >= 4 is 17.9 Å². The van der Waals surface area contributed by atoms with Crippen molar-refractivity contribution in [3.8, 4) is 0 Å². The summed E-state index contributed by atoms with van der Waals surface area (Å²) in [6.45, 7) is 6.70. The van der Waals surface area contributed by atoms with Crippen molar-refractivity contribution in [2.75, 3.05) is 13.2 Å². The third-order valence-electron chi connectivity index (χ3n) is 15.8. The summed E-state index contributed by atoms with van der Waals surface area (Å²) >= 11 is 0. The van der Waals surface area contributed by atoms with Gasteiger partial charge >= 0.3 is 17.9 Å². The number of carbonyl (C=O) groups excluding carboxylic acids is 3. The molecule has 0 rings (SSSR count). The summed E-state index contributed by atoms with van der Waals surface area (Å²) < 4.78 is 16.9. The second-order valence-electron chi connectivity index (χ2n) is 23.5. The van der Waals surface area contributed by atoms with Crippen LogP contribution in [-0.4, -0.2) is 37.2 Å². The maximum absolute atomic E-state index is 12.9. The summed E-state index contributed by atoms with van der Waals surface area (Å²) in [5.74, 6) is -0.841. The second kappa shape index (κ2) is 64.7. The Morgan fingerprint density at radius 2 is 0.440 bits per heavy atom. The fraction of sp³-hybridized carbons (Fsp3) is 0.928. The minimum absolute atomic E-state index is 0.0654. The Balaban J connectivity index is 4.10. The Bertz CT molecular complexity index is 1170. The Hall–Kier alpha value is -1.85. The zero-order valence-corrected chi connectivity index (χ0v) is 51.1. The summed E-state index contributed by atoms with van der Waals surface area (Å²) in [7, 11) is 0. The van der Waals surface area contributed by atoms with E-state index < -0.39 is 6.10 Å². The van der Waals surface area contributed by atoms with Crippen LogP contribution >= 0.6 is 0 Å². The van der Waals surface area contributed by atoms with Gasteiger partial charge in [0.15, 0.2) is 6.10 Å². The van der Waals surface area contributed by atoms with E-state index in [2.05, 4.69) is 32.9 Å². The maximum atomic E-state index is 12.9. The molecule has 75 heavy (non-hydrogen) atoms. The van der Waals surface area contributed by atoms with Crippen molar-refractivity contribution in [1.82, 2.24) is 0 Å². The smallest absolute Gasteiger partial charge is 0.306 e. The van der Waals surface area contributed by atoms with E-state index in [1.54, 1.807) is 0 Å². The molecule has 6 nitrogen and oxygen atoms in total. The molecule has 0 aromatic heterocycles. The average Bonchev–Trinajstić information content (AvgIpc) is 3.41. The van der Waals surface area contributed by atoms with Crippen LogP contribution in [-0.2, 0) is 28.6 Å². The van der Waals surface area contributed by atoms with Crippen LogP contribution in [0.15, 0.2) is 12.2 Å². The lowest BCUT2D eigenvalue weighted by molar-refractivity contribution is -0.167. The third-order valence-corrected chi connectivity index (χ3v) is 15.8. The molecular formula is C69H132O6. The highest BCUT2D eigenvalue weighted by Crippen LogP contribution is 2.19. The highest BCUT2D eigenvalue weighted by molar-refractivity contribution is 5.71. The summed E-state index contributed by atoms with van der Waals surface area (Å²) in [6.07, 6.45) is 76.8. The van der Waals surface area contributed by atoms with Crippen molar-refractivity contribution in [2.24, 2.45) is 0 Å². The van der Waals surface area contributed by atoms with Crippen molar-refractivity contribution in [1.29, 1.82) is 0 Å². The van der Waals surface area contributed by atoms with Crippen molar-refractivity contribution in [2.45, 2.75) is 399 Å². The lowest BCUT2D eigenvalue weighted by Crippen LogP contribution is -2.30.